The van der Waals surface area contributed by atoms with Gasteiger partial charge in [0.25, 0.3) is 0 Å². The number of pyridine rings is 1. The van der Waals surface area contributed by atoms with Crippen molar-refractivity contribution in [2.45, 2.75) is 6.42 Å². The van der Waals surface area contributed by atoms with Gasteiger partial charge < -0.3 is 20.4 Å². The highest BCUT2D eigenvalue weighted by atomic mass is 127. The van der Waals surface area contributed by atoms with Crippen LogP contribution in [0.25, 0.3) is 0 Å². The molecule has 1 aliphatic rings. The van der Waals surface area contributed by atoms with Crippen LogP contribution < -0.4 is 10.6 Å². The maximum Gasteiger partial charge on any atom is 0.244 e. The van der Waals surface area contributed by atoms with Gasteiger partial charge in [-0.2, -0.15) is 0 Å². The van der Waals surface area contributed by atoms with Gasteiger partial charge in [0.2, 0.25) is 5.91 Å². The molecule has 1 fully saturated rings. The van der Waals surface area contributed by atoms with Crippen LogP contribution >= 0.6 is 24.0 Å². The average Bonchev–Trinajstić information content (AvgIpc) is 2.77. The Kier molecular flexibility index (Phi) is 9.28. The van der Waals surface area contributed by atoms with Gasteiger partial charge in [-0.1, -0.05) is 6.07 Å². The standard InChI is InChI=1S/C21H27FN6O.HI/c1-26(11-9-18-4-2-3-10-24-18)20(29)16-25-21(23)28-14-12-27(13-15-28)19-7-5-17(22)6-8-19;/h2-8,10H,9,11-16H2,1H3,(H2,23,25);1H. The molecule has 0 atom stereocenters. The highest BCUT2D eigenvalue weighted by Crippen LogP contribution is 2.16. The summed E-state index contributed by atoms with van der Waals surface area (Å²) in [7, 11) is 1.76. The highest BCUT2D eigenvalue weighted by Gasteiger charge is 2.19. The van der Waals surface area contributed by atoms with Gasteiger partial charge in [0.15, 0.2) is 5.96 Å². The fourth-order valence-electron chi connectivity index (χ4n) is 3.17. The third-order valence-electron chi connectivity index (χ3n) is 5.03. The Morgan fingerprint density at radius 1 is 1.17 bits per heavy atom. The molecule has 162 valence electrons. The first-order valence-electron chi connectivity index (χ1n) is 9.72. The summed E-state index contributed by atoms with van der Waals surface area (Å²) in [5.74, 6) is 0.0718. The monoisotopic (exact) mass is 526 g/mol. The zero-order valence-electron chi connectivity index (χ0n) is 17.1. The molecule has 2 heterocycles. The molecule has 0 radical (unpaired) electrons. The first-order valence-corrected chi connectivity index (χ1v) is 9.72. The lowest BCUT2D eigenvalue weighted by atomic mass is 10.2. The molecular weight excluding hydrogens is 498 g/mol. The molecule has 2 N–H and O–H groups in total. The fraction of sp³-hybridized carbons (Fsp3) is 0.381. The second kappa shape index (κ2) is 11.7. The summed E-state index contributed by atoms with van der Waals surface area (Å²) in [4.78, 5) is 26.6. The summed E-state index contributed by atoms with van der Waals surface area (Å²) in [6, 6.07) is 12.2. The van der Waals surface area contributed by atoms with Crippen LogP contribution in [-0.2, 0) is 11.2 Å². The molecule has 0 aliphatic carbocycles. The van der Waals surface area contributed by atoms with Gasteiger partial charge in [0.05, 0.1) is 0 Å². The lowest BCUT2D eigenvalue weighted by molar-refractivity contribution is -0.128. The number of hydrogen-bond acceptors (Lipinski definition) is 4. The lowest BCUT2D eigenvalue weighted by Gasteiger charge is -2.36. The van der Waals surface area contributed by atoms with Crippen LogP contribution in [0.5, 0.6) is 0 Å². The van der Waals surface area contributed by atoms with Gasteiger partial charge in [0, 0.05) is 63.8 Å². The molecule has 0 bridgehead atoms. The number of aliphatic imine (C=N–C) groups is 1. The number of benzene rings is 1. The van der Waals surface area contributed by atoms with E-state index in [1.165, 1.54) is 12.1 Å². The minimum Gasteiger partial charge on any atom is -0.370 e. The van der Waals surface area contributed by atoms with E-state index in [1.54, 1.807) is 30.3 Å². The van der Waals surface area contributed by atoms with Gasteiger partial charge in [0.1, 0.15) is 12.4 Å². The summed E-state index contributed by atoms with van der Waals surface area (Å²) in [6.45, 7) is 3.55. The topological polar surface area (TPSA) is 78.1 Å². The van der Waals surface area contributed by atoms with Crippen molar-refractivity contribution in [1.29, 1.82) is 0 Å². The third-order valence-corrected chi connectivity index (χ3v) is 5.03. The number of nitrogens with zero attached hydrogens (tertiary/aromatic N) is 5. The van der Waals surface area contributed by atoms with Crippen molar-refractivity contribution in [3.8, 4) is 0 Å². The van der Waals surface area contributed by atoms with E-state index in [1.807, 2.05) is 23.1 Å². The number of hydrogen-bond donors (Lipinski definition) is 1. The molecule has 1 aromatic heterocycles. The van der Waals surface area contributed by atoms with E-state index in [0.717, 1.165) is 24.5 Å². The van der Waals surface area contributed by atoms with Crippen LogP contribution in [0.3, 0.4) is 0 Å². The molecule has 0 unspecified atom stereocenters. The number of halogens is 2. The van der Waals surface area contributed by atoms with Gasteiger partial charge in [-0.25, -0.2) is 9.38 Å². The Morgan fingerprint density at radius 3 is 2.50 bits per heavy atom. The minimum absolute atomic E-state index is 0. The normalized spacial score (nSPS) is 14.3. The zero-order chi connectivity index (χ0) is 20.6. The Morgan fingerprint density at radius 2 is 1.87 bits per heavy atom. The Balaban J connectivity index is 0.00000320. The number of aromatic nitrogens is 1. The molecule has 1 aliphatic heterocycles. The number of likely N-dealkylation sites (N-methyl/N-ethyl adjacent to an activating group) is 1. The third kappa shape index (κ3) is 6.82. The molecule has 30 heavy (non-hydrogen) atoms. The summed E-state index contributed by atoms with van der Waals surface area (Å²) >= 11 is 0. The van der Waals surface area contributed by atoms with Gasteiger partial charge in [-0.3, -0.25) is 9.78 Å². The molecule has 1 amide bonds. The zero-order valence-corrected chi connectivity index (χ0v) is 19.4. The van der Waals surface area contributed by atoms with E-state index in [-0.39, 0.29) is 42.2 Å². The minimum atomic E-state index is -0.238. The van der Waals surface area contributed by atoms with E-state index < -0.39 is 0 Å². The molecule has 1 saturated heterocycles. The van der Waals surface area contributed by atoms with E-state index in [2.05, 4.69) is 14.9 Å². The number of guanidine groups is 1. The predicted molar refractivity (Wildman–Crippen MR) is 128 cm³/mol. The number of piperazine rings is 1. The molecule has 2 aromatic rings. The molecule has 1 aromatic carbocycles. The van der Waals surface area contributed by atoms with E-state index in [0.29, 0.717) is 32.0 Å². The number of anilines is 1. The fourth-order valence-corrected chi connectivity index (χ4v) is 3.17. The number of amides is 1. The first-order chi connectivity index (χ1) is 14.0. The molecule has 3 rings (SSSR count). The van der Waals surface area contributed by atoms with Gasteiger partial charge in [-0.05, 0) is 36.4 Å². The Bertz CT molecular complexity index is 825. The maximum atomic E-state index is 13.1. The van der Waals surface area contributed by atoms with Crippen molar-refractivity contribution < 1.29 is 9.18 Å². The van der Waals surface area contributed by atoms with Crippen molar-refractivity contribution in [2.75, 3.05) is 51.2 Å². The second-order valence-corrected chi connectivity index (χ2v) is 7.01. The van der Waals surface area contributed by atoms with Gasteiger partial charge >= 0.3 is 0 Å². The Hall–Kier alpha value is -2.43. The molecular formula is C21H28FIN6O. The van der Waals surface area contributed by atoms with Crippen LogP contribution in [-0.4, -0.2) is 73.0 Å². The number of nitrogens with two attached hydrogens (primary N) is 1. The predicted octanol–water partition coefficient (Wildman–Crippen LogP) is 1.98. The van der Waals surface area contributed by atoms with E-state index in [4.69, 9.17) is 5.73 Å². The largest absolute Gasteiger partial charge is 0.370 e. The van der Waals surface area contributed by atoms with Crippen LogP contribution in [0.4, 0.5) is 10.1 Å². The Labute approximate surface area is 193 Å². The summed E-state index contributed by atoms with van der Waals surface area (Å²) in [5.41, 5.74) is 8.04. The summed E-state index contributed by atoms with van der Waals surface area (Å²) < 4.78 is 13.1. The van der Waals surface area contributed by atoms with E-state index in [9.17, 15) is 9.18 Å². The molecule has 0 saturated carbocycles. The van der Waals surface area contributed by atoms with Crippen molar-refractivity contribution in [3.63, 3.8) is 0 Å². The van der Waals surface area contributed by atoms with Crippen molar-refractivity contribution >= 4 is 41.5 Å². The smallest absolute Gasteiger partial charge is 0.244 e. The SMILES string of the molecule is CN(CCc1ccccn1)C(=O)CN=C(N)N1CCN(c2ccc(F)cc2)CC1.I. The van der Waals surface area contributed by atoms with Crippen LogP contribution in [0.2, 0.25) is 0 Å². The lowest BCUT2D eigenvalue weighted by Crippen LogP contribution is -2.51. The maximum absolute atomic E-state index is 13.1. The quantitative estimate of drug-likeness (QED) is 0.354. The number of carbonyl (C=O) groups excluding carboxylic acids is 1. The number of carbonyl (C=O) groups is 1. The summed E-state index contributed by atoms with van der Waals surface area (Å²) in [6.07, 6.45) is 2.45. The van der Waals surface area contributed by atoms with Crippen LogP contribution in [0.1, 0.15) is 5.69 Å². The summed E-state index contributed by atoms with van der Waals surface area (Å²) in [5, 5.41) is 0. The molecule has 7 nitrogen and oxygen atoms in total. The molecule has 9 heteroatoms. The molecule has 0 spiro atoms. The highest BCUT2D eigenvalue weighted by molar-refractivity contribution is 14.0. The van der Waals surface area contributed by atoms with E-state index >= 15 is 0 Å². The van der Waals surface area contributed by atoms with Crippen LogP contribution in [0, 0.1) is 5.82 Å². The van der Waals surface area contributed by atoms with Crippen LogP contribution in [0.15, 0.2) is 53.7 Å². The number of rotatable bonds is 6. The van der Waals surface area contributed by atoms with Crippen molar-refractivity contribution in [3.05, 3.63) is 60.2 Å². The second-order valence-electron chi connectivity index (χ2n) is 7.01. The first kappa shape index (κ1) is 23.8. The van der Waals surface area contributed by atoms with Crippen molar-refractivity contribution in [2.24, 2.45) is 10.7 Å². The average molecular weight is 526 g/mol. The van der Waals surface area contributed by atoms with Gasteiger partial charge in [-0.15, -0.1) is 24.0 Å². The van der Waals surface area contributed by atoms with Crippen molar-refractivity contribution in [1.82, 2.24) is 14.8 Å².